The van der Waals surface area contributed by atoms with E-state index >= 15 is 0 Å². The van der Waals surface area contributed by atoms with Gasteiger partial charge in [0.05, 0.1) is 5.69 Å². The van der Waals surface area contributed by atoms with Gasteiger partial charge in [-0.3, -0.25) is 0 Å². The molecule has 0 bridgehead atoms. The highest BCUT2D eigenvalue weighted by Gasteiger charge is 2.24. The van der Waals surface area contributed by atoms with Crippen molar-refractivity contribution in [3.63, 3.8) is 0 Å². The Hall–Kier alpha value is -7.92. The largest absolute Gasteiger partial charge is 0.452 e. The van der Waals surface area contributed by atoms with Gasteiger partial charge in [0.1, 0.15) is 11.2 Å². The van der Waals surface area contributed by atoms with Crippen LogP contribution in [0, 0.1) is 0 Å². The number of rotatable bonds is 20. The summed E-state index contributed by atoms with van der Waals surface area (Å²) in [6, 6.07) is 33.3. The smallest absolute Gasteiger partial charge is 0.194 e. The Morgan fingerprint density at radius 2 is 1.21 bits per heavy atom. The van der Waals surface area contributed by atoms with E-state index in [1.165, 1.54) is 5.56 Å². The molecular weight excluding hydrogens is 769 g/mol. The van der Waals surface area contributed by atoms with Crippen LogP contribution in [0.15, 0.2) is 264 Å². The molecule has 0 spiro atoms. The van der Waals surface area contributed by atoms with Crippen molar-refractivity contribution in [1.29, 1.82) is 0 Å². The van der Waals surface area contributed by atoms with E-state index in [2.05, 4.69) is 109 Å². The zero-order valence-electron chi connectivity index (χ0n) is 35.8. The van der Waals surface area contributed by atoms with Gasteiger partial charge in [-0.25, -0.2) is 0 Å². The van der Waals surface area contributed by atoms with Crippen molar-refractivity contribution in [2.45, 2.75) is 13.3 Å². The maximum absolute atomic E-state index is 6.71. The van der Waals surface area contributed by atoms with Gasteiger partial charge in [0, 0.05) is 29.1 Å². The minimum absolute atomic E-state index is 0.374. The molecule has 4 nitrogen and oxygen atoms in total. The first-order valence-corrected chi connectivity index (χ1v) is 21.2. The zero-order chi connectivity index (χ0) is 43.7. The summed E-state index contributed by atoms with van der Waals surface area (Å²) in [6.45, 7) is 6.06. The summed E-state index contributed by atoms with van der Waals surface area (Å²) in [4.78, 5) is 0. The molecule has 0 unspecified atom stereocenters. The maximum atomic E-state index is 6.71. The lowest BCUT2D eigenvalue weighted by atomic mass is 10.00. The Labute approximate surface area is 372 Å². The lowest BCUT2D eigenvalue weighted by molar-refractivity contribution is 0.569. The summed E-state index contributed by atoms with van der Waals surface area (Å²) in [5.74, 6) is 1.21. The van der Waals surface area contributed by atoms with Gasteiger partial charge in [0.2, 0.25) is 0 Å². The molecule has 2 heterocycles. The van der Waals surface area contributed by atoms with Crippen molar-refractivity contribution in [3.8, 4) is 22.6 Å². The van der Waals surface area contributed by atoms with Gasteiger partial charge in [-0.15, -0.1) is 0 Å². The average Bonchev–Trinajstić information content (AvgIpc) is 3.87. The summed E-state index contributed by atoms with van der Waals surface area (Å²) in [7, 11) is 0. The Morgan fingerprint density at radius 3 is 1.90 bits per heavy atom. The number of allylic oxidation sites excluding steroid dienone is 24. The quantitative estimate of drug-likeness (QED) is 0.0753. The number of hydrogen-bond donors (Lipinski definition) is 2. The van der Waals surface area contributed by atoms with E-state index < -0.39 is 0 Å². The fourth-order valence-electron chi connectivity index (χ4n) is 6.63. The van der Waals surface area contributed by atoms with Crippen LogP contribution in [0.3, 0.4) is 0 Å². The molecule has 0 fully saturated rings. The van der Waals surface area contributed by atoms with Gasteiger partial charge in [-0.2, -0.15) is 0 Å². The predicted octanol–water partition coefficient (Wildman–Crippen LogP) is 15.8. The summed E-state index contributed by atoms with van der Waals surface area (Å²) < 4.78 is 13.4. The molecule has 0 aliphatic heterocycles. The van der Waals surface area contributed by atoms with Crippen LogP contribution in [0.5, 0.6) is 0 Å². The molecule has 2 aromatic heterocycles. The molecule has 6 rings (SSSR count). The normalized spacial score (nSPS) is 13.4. The Kier molecular flexibility index (Phi) is 17.7. The second-order valence-electron chi connectivity index (χ2n) is 14.1. The molecule has 6 aromatic rings. The van der Waals surface area contributed by atoms with E-state index in [1.807, 2.05) is 159 Å². The van der Waals surface area contributed by atoms with Gasteiger partial charge >= 0.3 is 0 Å². The van der Waals surface area contributed by atoms with E-state index in [-0.39, 0.29) is 0 Å². The van der Waals surface area contributed by atoms with Crippen LogP contribution in [-0.2, 0) is 6.42 Å². The minimum atomic E-state index is 0.374. The molecule has 0 amide bonds. The number of benzene rings is 4. The minimum Gasteiger partial charge on any atom is -0.452 e. The highest BCUT2D eigenvalue weighted by molar-refractivity contribution is 6.04. The van der Waals surface area contributed by atoms with Crippen LogP contribution < -0.4 is 11.1 Å². The summed E-state index contributed by atoms with van der Waals surface area (Å²) in [6.07, 6.45) is 52.9. The first-order chi connectivity index (χ1) is 31.2. The van der Waals surface area contributed by atoms with Crippen LogP contribution in [0.25, 0.3) is 56.2 Å². The van der Waals surface area contributed by atoms with Crippen molar-refractivity contribution < 1.29 is 8.83 Å². The molecule has 4 aromatic carbocycles. The molecule has 0 saturated heterocycles. The Morgan fingerprint density at radius 1 is 0.587 bits per heavy atom. The van der Waals surface area contributed by atoms with Crippen molar-refractivity contribution in [3.05, 3.63) is 272 Å². The number of anilines is 1. The highest BCUT2D eigenvalue weighted by Crippen LogP contribution is 2.45. The summed E-state index contributed by atoms with van der Waals surface area (Å²) in [5.41, 5.74) is 14.8. The number of nitrogens with two attached hydrogens (primary N) is 1. The van der Waals surface area contributed by atoms with Crippen LogP contribution in [0.2, 0.25) is 0 Å². The van der Waals surface area contributed by atoms with E-state index in [4.69, 9.17) is 14.6 Å². The molecule has 3 N–H and O–H groups in total. The number of furan rings is 2. The highest BCUT2D eigenvalue weighted by atomic mass is 16.4. The van der Waals surface area contributed by atoms with Crippen molar-refractivity contribution in [2.24, 2.45) is 5.73 Å². The van der Waals surface area contributed by atoms with E-state index in [1.54, 1.807) is 6.08 Å². The monoisotopic (exact) mass is 822 g/mol. The van der Waals surface area contributed by atoms with Crippen LogP contribution in [-0.4, -0.2) is 6.54 Å². The van der Waals surface area contributed by atoms with Gasteiger partial charge in [0.15, 0.2) is 11.5 Å². The molecule has 312 valence electrons. The SMILES string of the molecule is C=C/C=C/C=C/C=C\C=C/C=C/C=C/C(=C\C=C/C)c1ccc2oc(-c3oc4ccc(-c5ccccc5)cc4c3N\C=C/C=C\C=C\C=C\Cc3ccccc3)c(/C=C/CN)c2c1. The lowest BCUT2D eigenvalue weighted by Gasteiger charge is -2.04. The topological polar surface area (TPSA) is 64.3 Å². The molecule has 0 radical (unpaired) electrons. The molecule has 0 saturated carbocycles. The van der Waals surface area contributed by atoms with Crippen molar-refractivity contribution >= 4 is 39.3 Å². The standard InChI is InChI=1S/C59H54N2O2/c1-3-5-7-8-9-10-11-12-13-16-19-26-35-48(34-6-4-2)50-39-41-55-53(45-50)52(38-30-43-60)58(62-55)59-57(54-46-51(40-42-56(54)63-59)49-36-27-22-28-37-49)61-44-29-20-17-14-15-18-23-31-47-32-24-21-25-33-47/h3-30,32-42,44-46,61H,1,31,43,60H2,2H3/b6-4-,7-5+,9-8+,11-10-,13-12-,15-14+,19-16+,20-17-,23-18+,35-26+,38-30+,44-29-,48-34+. The average molecular weight is 823 g/mol. The molecule has 0 atom stereocenters. The summed E-state index contributed by atoms with van der Waals surface area (Å²) >= 11 is 0. The maximum Gasteiger partial charge on any atom is 0.194 e. The Bertz CT molecular complexity index is 2820. The molecule has 4 heteroatoms. The first kappa shape index (κ1) is 44.6. The molecule has 0 aliphatic rings. The van der Waals surface area contributed by atoms with Gasteiger partial charge in [-0.1, -0.05) is 225 Å². The predicted molar refractivity (Wildman–Crippen MR) is 273 cm³/mol. The first-order valence-electron chi connectivity index (χ1n) is 21.2. The third-order valence-electron chi connectivity index (χ3n) is 9.68. The molecule has 63 heavy (non-hydrogen) atoms. The fourth-order valence-corrected chi connectivity index (χ4v) is 6.63. The van der Waals surface area contributed by atoms with Gasteiger partial charge in [0.25, 0.3) is 0 Å². The molecular formula is C59H54N2O2. The van der Waals surface area contributed by atoms with Crippen molar-refractivity contribution in [1.82, 2.24) is 0 Å². The third kappa shape index (κ3) is 13.3. The van der Waals surface area contributed by atoms with Crippen LogP contribution in [0.4, 0.5) is 5.69 Å². The third-order valence-corrected chi connectivity index (χ3v) is 9.68. The van der Waals surface area contributed by atoms with Crippen molar-refractivity contribution in [2.75, 3.05) is 11.9 Å². The van der Waals surface area contributed by atoms with E-state index in [0.29, 0.717) is 18.1 Å². The van der Waals surface area contributed by atoms with Gasteiger partial charge < -0.3 is 19.9 Å². The fraction of sp³-hybridized carbons (Fsp3) is 0.0508. The molecule has 0 aliphatic carbocycles. The van der Waals surface area contributed by atoms with E-state index in [9.17, 15) is 0 Å². The second-order valence-corrected chi connectivity index (χ2v) is 14.1. The van der Waals surface area contributed by atoms with E-state index in [0.717, 1.165) is 61.9 Å². The number of hydrogen-bond acceptors (Lipinski definition) is 4. The number of nitrogens with one attached hydrogen (secondary N) is 1. The Balaban J connectivity index is 1.31. The second kappa shape index (κ2) is 25.0. The number of fused-ring (bicyclic) bond motifs is 2. The zero-order valence-corrected chi connectivity index (χ0v) is 35.8. The lowest BCUT2D eigenvalue weighted by Crippen LogP contribution is -1.92. The van der Waals surface area contributed by atoms with Crippen LogP contribution in [0.1, 0.15) is 23.6 Å². The van der Waals surface area contributed by atoms with Gasteiger partial charge in [-0.05, 0) is 71.5 Å². The summed E-state index contributed by atoms with van der Waals surface area (Å²) in [5, 5.41) is 5.45. The van der Waals surface area contributed by atoms with Crippen LogP contribution >= 0.6 is 0 Å².